The number of aromatic nitrogens is 4. The van der Waals surface area contributed by atoms with Crippen LogP contribution in [0.25, 0.3) is 33.4 Å². The van der Waals surface area contributed by atoms with Gasteiger partial charge in [-0.15, -0.1) is 0 Å². The number of primary amides is 1. The largest absolute Gasteiger partial charge is 0.396 e. The van der Waals surface area contributed by atoms with Gasteiger partial charge >= 0.3 is 0 Å². The van der Waals surface area contributed by atoms with E-state index in [0.29, 0.717) is 22.8 Å². The number of pyridine rings is 2. The summed E-state index contributed by atoms with van der Waals surface area (Å²) in [5, 5.41) is 7.93. The Kier molecular flexibility index (Phi) is 3.73. The number of carbonyl (C=O) groups is 1. The van der Waals surface area contributed by atoms with Gasteiger partial charge in [-0.05, 0) is 42.3 Å². The number of aryl methyl sites for hydroxylation is 1. The first-order valence-corrected chi connectivity index (χ1v) is 8.22. The molecule has 0 radical (unpaired) electrons. The minimum atomic E-state index is -0.712. The van der Waals surface area contributed by atoms with Crippen molar-refractivity contribution in [2.45, 2.75) is 6.92 Å². The van der Waals surface area contributed by atoms with Gasteiger partial charge in [0.1, 0.15) is 5.82 Å². The number of nitrogens with two attached hydrogens (primary N) is 3. The van der Waals surface area contributed by atoms with Crippen LogP contribution in [0.3, 0.4) is 0 Å². The predicted octanol–water partition coefficient (Wildman–Crippen LogP) is 2.26. The molecule has 0 atom stereocenters. The molecule has 27 heavy (non-hydrogen) atoms. The van der Waals surface area contributed by atoms with Crippen molar-refractivity contribution in [3.8, 4) is 22.5 Å². The summed E-state index contributed by atoms with van der Waals surface area (Å²) in [7, 11) is 0. The number of aromatic amines is 1. The Morgan fingerprint density at radius 3 is 2.63 bits per heavy atom. The van der Waals surface area contributed by atoms with Crippen LogP contribution < -0.4 is 17.2 Å². The lowest BCUT2D eigenvalue weighted by Crippen LogP contribution is -2.17. The van der Waals surface area contributed by atoms with E-state index in [0.717, 1.165) is 22.0 Å². The van der Waals surface area contributed by atoms with Crippen molar-refractivity contribution >= 4 is 28.3 Å². The molecule has 0 saturated carbocycles. The SMILES string of the molecule is Cc1ccc2[nH]ncc2c1-c1cc(-c2cccc(N)n2)nc(C(N)=O)c1N. The number of carbonyl (C=O) groups excluding carboxylic acids is 1. The van der Waals surface area contributed by atoms with Crippen LogP contribution in [-0.2, 0) is 0 Å². The molecule has 1 aromatic carbocycles. The van der Waals surface area contributed by atoms with Crippen LogP contribution in [0.15, 0.2) is 42.6 Å². The van der Waals surface area contributed by atoms with Crippen molar-refractivity contribution < 1.29 is 4.79 Å². The third-order valence-electron chi connectivity index (χ3n) is 4.43. The van der Waals surface area contributed by atoms with E-state index in [2.05, 4.69) is 20.2 Å². The normalized spacial score (nSPS) is 11.0. The van der Waals surface area contributed by atoms with E-state index >= 15 is 0 Å². The Labute approximate surface area is 154 Å². The number of amides is 1. The first-order chi connectivity index (χ1) is 13.0. The minimum Gasteiger partial charge on any atom is -0.396 e. The highest BCUT2D eigenvalue weighted by atomic mass is 16.1. The Bertz CT molecular complexity index is 1200. The molecule has 0 aliphatic carbocycles. The molecule has 134 valence electrons. The van der Waals surface area contributed by atoms with Gasteiger partial charge in [0, 0.05) is 10.9 Å². The lowest BCUT2D eigenvalue weighted by atomic mass is 9.94. The second kappa shape index (κ2) is 6.10. The molecule has 7 N–H and O–H groups in total. The summed E-state index contributed by atoms with van der Waals surface area (Å²) in [6.07, 6.45) is 1.72. The summed E-state index contributed by atoms with van der Waals surface area (Å²) in [5.74, 6) is -0.363. The zero-order chi connectivity index (χ0) is 19.1. The highest BCUT2D eigenvalue weighted by Gasteiger charge is 2.20. The summed E-state index contributed by atoms with van der Waals surface area (Å²) >= 11 is 0. The fourth-order valence-electron chi connectivity index (χ4n) is 3.16. The first-order valence-electron chi connectivity index (χ1n) is 8.22. The van der Waals surface area contributed by atoms with E-state index in [1.807, 2.05) is 19.1 Å². The lowest BCUT2D eigenvalue weighted by Gasteiger charge is -2.14. The molecule has 0 spiro atoms. The number of hydrogen-bond donors (Lipinski definition) is 4. The van der Waals surface area contributed by atoms with E-state index < -0.39 is 5.91 Å². The zero-order valence-corrected chi connectivity index (χ0v) is 14.5. The van der Waals surface area contributed by atoms with E-state index in [9.17, 15) is 4.79 Å². The number of H-pyrrole nitrogens is 1. The van der Waals surface area contributed by atoms with Crippen molar-refractivity contribution in [3.63, 3.8) is 0 Å². The summed E-state index contributed by atoms with van der Waals surface area (Å²) in [6.45, 7) is 1.96. The second-order valence-electron chi connectivity index (χ2n) is 6.22. The number of nitrogens with zero attached hydrogens (tertiary/aromatic N) is 3. The van der Waals surface area contributed by atoms with Crippen LogP contribution in [0.1, 0.15) is 16.1 Å². The van der Waals surface area contributed by atoms with Crippen molar-refractivity contribution in [1.82, 2.24) is 20.2 Å². The van der Waals surface area contributed by atoms with Crippen LogP contribution in [0.5, 0.6) is 0 Å². The van der Waals surface area contributed by atoms with Gasteiger partial charge in [0.25, 0.3) is 5.91 Å². The average molecular weight is 359 g/mol. The minimum absolute atomic E-state index is 0.00776. The molecule has 0 bridgehead atoms. The van der Waals surface area contributed by atoms with Crippen LogP contribution in [-0.4, -0.2) is 26.1 Å². The molecule has 3 aromatic heterocycles. The van der Waals surface area contributed by atoms with Crippen LogP contribution >= 0.6 is 0 Å². The maximum atomic E-state index is 12.0. The molecule has 4 aromatic rings. The van der Waals surface area contributed by atoms with Gasteiger partial charge in [0.15, 0.2) is 5.69 Å². The molecule has 0 fully saturated rings. The Morgan fingerprint density at radius 1 is 1.07 bits per heavy atom. The molecular formula is C19H17N7O. The van der Waals surface area contributed by atoms with E-state index in [1.165, 1.54) is 0 Å². The number of nitrogen functional groups attached to an aromatic ring is 2. The summed E-state index contributed by atoms with van der Waals surface area (Å²) < 4.78 is 0. The molecule has 0 unspecified atom stereocenters. The van der Waals surface area contributed by atoms with Gasteiger partial charge in [-0.2, -0.15) is 5.10 Å². The maximum Gasteiger partial charge on any atom is 0.269 e. The number of nitrogens with one attached hydrogen (secondary N) is 1. The fraction of sp³-hybridized carbons (Fsp3) is 0.0526. The highest BCUT2D eigenvalue weighted by molar-refractivity contribution is 6.05. The van der Waals surface area contributed by atoms with Gasteiger partial charge in [0.2, 0.25) is 0 Å². The van der Waals surface area contributed by atoms with Crippen LogP contribution in [0.2, 0.25) is 0 Å². The fourth-order valence-corrected chi connectivity index (χ4v) is 3.16. The molecule has 8 heteroatoms. The molecule has 0 aliphatic rings. The summed E-state index contributed by atoms with van der Waals surface area (Å²) in [4.78, 5) is 20.6. The Balaban J connectivity index is 2.07. The second-order valence-corrected chi connectivity index (χ2v) is 6.22. The highest BCUT2D eigenvalue weighted by Crippen LogP contribution is 2.37. The Hall–Kier alpha value is -3.94. The molecule has 4 rings (SSSR count). The van der Waals surface area contributed by atoms with Gasteiger partial charge < -0.3 is 17.2 Å². The van der Waals surface area contributed by atoms with E-state index in [-0.39, 0.29) is 11.4 Å². The van der Waals surface area contributed by atoms with Crippen molar-refractivity contribution in [2.24, 2.45) is 5.73 Å². The zero-order valence-electron chi connectivity index (χ0n) is 14.5. The van der Waals surface area contributed by atoms with Crippen molar-refractivity contribution in [3.05, 3.63) is 53.9 Å². The summed E-state index contributed by atoms with van der Waals surface area (Å²) in [6, 6.07) is 10.9. The molecule has 1 amide bonds. The molecular weight excluding hydrogens is 342 g/mol. The van der Waals surface area contributed by atoms with Crippen LogP contribution in [0, 0.1) is 6.92 Å². The average Bonchev–Trinajstić information content (AvgIpc) is 3.11. The van der Waals surface area contributed by atoms with E-state index in [1.54, 1.807) is 30.5 Å². The third kappa shape index (κ3) is 2.73. The molecule has 3 heterocycles. The number of hydrogen-bond acceptors (Lipinski definition) is 6. The van der Waals surface area contributed by atoms with Gasteiger partial charge in [-0.3, -0.25) is 9.89 Å². The van der Waals surface area contributed by atoms with Crippen molar-refractivity contribution in [1.29, 1.82) is 0 Å². The topological polar surface area (TPSA) is 150 Å². The first kappa shape index (κ1) is 16.5. The number of rotatable bonds is 3. The monoisotopic (exact) mass is 359 g/mol. The van der Waals surface area contributed by atoms with Gasteiger partial charge in [-0.1, -0.05) is 12.1 Å². The lowest BCUT2D eigenvalue weighted by molar-refractivity contribution is 0.0996. The summed E-state index contributed by atoms with van der Waals surface area (Å²) in [5.41, 5.74) is 22.1. The number of anilines is 2. The smallest absolute Gasteiger partial charge is 0.269 e. The van der Waals surface area contributed by atoms with Gasteiger partial charge in [0.05, 0.1) is 28.8 Å². The predicted molar refractivity (Wildman–Crippen MR) is 105 cm³/mol. The molecule has 0 saturated heterocycles. The van der Waals surface area contributed by atoms with Crippen LogP contribution in [0.4, 0.5) is 11.5 Å². The quantitative estimate of drug-likeness (QED) is 0.440. The maximum absolute atomic E-state index is 12.0. The molecule has 8 nitrogen and oxygen atoms in total. The Morgan fingerprint density at radius 2 is 1.89 bits per heavy atom. The molecule has 0 aliphatic heterocycles. The number of fused-ring (bicyclic) bond motifs is 1. The standard InChI is InChI=1S/C19H17N7O/c1-9-5-6-12-11(8-23-26-12)16(9)10-7-14(13-3-2-4-15(20)24-13)25-18(17(10)21)19(22)27/h2-8H,21H2,1H3,(H2,20,24)(H2,22,27)(H,23,26). The van der Waals surface area contributed by atoms with Gasteiger partial charge in [-0.25, -0.2) is 9.97 Å². The number of benzene rings is 1. The third-order valence-corrected chi connectivity index (χ3v) is 4.43. The van der Waals surface area contributed by atoms with E-state index in [4.69, 9.17) is 17.2 Å². The van der Waals surface area contributed by atoms with Crippen molar-refractivity contribution in [2.75, 3.05) is 11.5 Å².